The lowest BCUT2D eigenvalue weighted by Crippen LogP contribution is -2.35. The quantitative estimate of drug-likeness (QED) is 0.782. The summed E-state index contributed by atoms with van der Waals surface area (Å²) in [6.45, 7) is 8.28. The van der Waals surface area contributed by atoms with Crippen LogP contribution in [0, 0.1) is 0 Å². The smallest absolute Gasteiger partial charge is 0.137 e. The van der Waals surface area contributed by atoms with E-state index >= 15 is 0 Å². The van der Waals surface area contributed by atoms with E-state index in [0.29, 0.717) is 5.92 Å². The van der Waals surface area contributed by atoms with Crippen LogP contribution >= 0.6 is 0 Å². The second-order valence-electron chi connectivity index (χ2n) is 5.82. The summed E-state index contributed by atoms with van der Waals surface area (Å²) >= 11 is 0. The summed E-state index contributed by atoms with van der Waals surface area (Å²) in [5.74, 6) is 3.02. The third kappa shape index (κ3) is 2.73. The molecule has 19 heavy (non-hydrogen) atoms. The fraction of sp³-hybridized carbons (Fsp3) is 0.733. The van der Waals surface area contributed by atoms with Gasteiger partial charge in [-0.1, -0.05) is 12.5 Å². The van der Waals surface area contributed by atoms with Crippen LogP contribution in [0.2, 0.25) is 0 Å². The molecule has 0 saturated carbocycles. The van der Waals surface area contributed by atoms with Crippen LogP contribution in [0.15, 0.2) is 12.7 Å². The summed E-state index contributed by atoms with van der Waals surface area (Å²) in [6.07, 6.45) is 9.51. The number of hydrogen-bond acceptors (Lipinski definition) is 3. The molecule has 104 valence electrons. The lowest BCUT2D eigenvalue weighted by Gasteiger charge is -2.31. The molecule has 4 nitrogen and oxygen atoms in total. The Morgan fingerprint density at radius 3 is 3.00 bits per heavy atom. The van der Waals surface area contributed by atoms with Gasteiger partial charge < -0.3 is 4.57 Å². The third-order valence-electron chi connectivity index (χ3n) is 4.40. The number of piperidine rings is 1. The SMILES string of the molecule is C=CCN1CCCC(c2nnc3n2CCCCC3)C1. The minimum absolute atomic E-state index is 0.563. The Bertz CT molecular complexity index is 437. The molecule has 1 aromatic rings. The van der Waals surface area contributed by atoms with Gasteiger partial charge in [0.1, 0.15) is 11.6 Å². The molecule has 2 aliphatic heterocycles. The lowest BCUT2D eigenvalue weighted by molar-refractivity contribution is 0.221. The van der Waals surface area contributed by atoms with E-state index in [2.05, 4.69) is 26.2 Å². The standard InChI is InChI=1S/C15H24N4/c1-2-9-18-10-6-7-13(12-18)15-17-16-14-8-4-3-5-11-19(14)15/h2,13H,1,3-12H2. The molecule has 0 N–H and O–H groups in total. The number of aryl methyl sites for hydroxylation is 1. The Balaban J connectivity index is 1.78. The first-order valence-electron chi connectivity index (χ1n) is 7.63. The Morgan fingerprint density at radius 2 is 2.11 bits per heavy atom. The topological polar surface area (TPSA) is 34.0 Å². The van der Waals surface area contributed by atoms with Gasteiger partial charge in [-0.2, -0.15) is 0 Å². The summed E-state index contributed by atoms with van der Waals surface area (Å²) in [5.41, 5.74) is 0. The molecule has 1 fully saturated rings. The molecular formula is C15H24N4. The number of nitrogens with zero attached hydrogens (tertiary/aromatic N) is 4. The maximum Gasteiger partial charge on any atom is 0.137 e. The number of aromatic nitrogens is 3. The molecule has 4 heteroatoms. The van der Waals surface area contributed by atoms with Gasteiger partial charge in [0, 0.05) is 32.0 Å². The first kappa shape index (κ1) is 12.9. The molecule has 0 spiro atoms. The first-order chi connectivity index (χ1) is 9.38. The average Bonchev–Trinajstić information content (AvgIpc) is 2.69. The fourth-order valence-electron chi connectivity index (χ4n) is 3.42. The molecule has 0 aliphatic carbocycles. The number of rotatable bonds is 3. The maximum atomic E-state index is 4.52. The highest BCUT2D eigenvalue weighted by Gasteiger charge is 2.26. The average molecular weight is 260 g/mol. The van der Waals surface area contributed by atoms with Crippen LogP contribution in [-0.4, -0.2) is 39.3 Å². The summed E-state index contributed by atoms with van der Waals surface area (Å²) in [7, 11) is 0. The Kier molecular flexibility index (Phi) is 3.97. The second kappa shape index (κ2) is 5.87. The van der Waals surface area contributed by atoms with Crippen molar-refractivity contribution in [2.45, 2.75) is 51.0 Å². The Labute approximate surface area is 115 Å². The van der Waals surface area contributed by atoms with Gasteiger partial charge in [-0.3, -0.25) is 4.90 Å². The molecule has 0 radical (unpaired) electrons. The summed E-state index contributed by atoms with van der Waals surface area (Å²) in [4.78, 5) is 2.49. The van der Waals surface area contributed by atoms with Gasteiger partial charge in [-0.05, 0) is 32.2 Å². The predicted octanol–water partition coefficient (Wildman–Crippen LogP) is 2.37. The van der Waals surface area contributed by atoms with Crippen molar-refractivity contribution in [1.82, 2.24) is 19.7 Å². The van der Waals surface area contributed by atoms with E-state index in [9.17, 15) is 0 Å². The van der Waals surface area contributed by atoms with Crippen LogP contribution in [-0.2, 0) is 13.0 Å². The number of likely N-dealkylation sites (tertiary alicyclic amines) is 1. The molecule has 3 heterocycles. The van der Waals surface area contributed by atoms with Gasteiger partial charge in [0.05, 0.1) is 0 Å². The highest BCUT2D eigenvalue weighted by atomic mass is 15.3. The lowest BCUT2D eigenvalue weighted by atomic mass is 9.97. The molecule has 1 unspecified atom stereocenters. The highest BCUT2D eigenvalue weighted by molar-refractivity contribution is 5.06. The molecular weight excluding hydrogens is 236 g/mol. The van der Waals surface area contributed by atoms with Gasteiger partial charge in [0.2, 0.25) is 0 Å². The van der Waals surface area contributed by atoms with Crippen LogP contribution in [0.1, 0.15) is 49.7 Å². The molecule has 3 rings (SSSR count). The minimum Gasteiger partial charge on any atom is -0.315 e. The zero-order valence-electron chi connectivity index (χ0n) is 11.7. The third-order valence-corrected chi connectivity index (χ3v) is 4.40. The summed E-state index contributed by atoms with van der Waals surface area (Å²) in [5, 5.41) is 8.96. The van der Waals surface area contributed by atoms with E-state index in [4.69, 9.17) is 0 Å². The molecule has 0 amide bonds. The van der Waals surface area contributed by atoms with Gasteiger partial charge >= 0.3 is 0 Å². The van der Waals surface area contributed by atoms with Crippen molar-refractivity contribution in [3.63, 3.8) is 0 Å². The zero-order valence-corrected chi connectivity index (χ0v) is 11.7. The van der Waals surface area contributed by atoms with Gasteiger partial charge in [0.15, 0.2) is 0 Å². The fourth-order valence-corrected chi connectivity index (χ4v) is 3.42. The number of fused-ring (bicyclic) bond motifs is 1. The molecule has 1 saturated heterocycles. The van der Waals surface area contributed by atoms with E-state index in [0.717, 1.165) is 26.1 Å². The van der Waals surface area contributed by atoms with E-state index < -0.39 is 0 Å². The van der Waals surface area contributed by atoms with E-state index in [1.54, 1.807) is 0 Å². The molecule has 2 aliphatic rings. The molecule has 1 aromatic heterocycles. The molecule has 1 atom stereocenters. The van der Waals surface area contributed by atoms with E-state index in [-0.39, 0.29) is 0 Å². The van der Waals surface area contributed by atoms with Gasteiger partial charge in [-0.15, -0.1) is 16.8 Å². The highest BCUT2D eigenvalue weighted by Crippen LogP contribution is 2.27. The first-order valence-corrected chi connectivity index (χ1v) is 7.63. The Hall–Kier alpha value is -1.16. The van der Waals surface area contributed by atoms with Crippen molar-refractivity contribution in [2.24, 2.45) is 0 Å². The monoisotopic (exact) mass is 260 g/mol. The van der Waals surface area contributed by atoms with Crippen LogP contribution in [0.4, 0.5) is 0 Å². The van der Waals surface area contributed by atoms with Crippen molar-refractivity contribution < 1.29 is 0 Å². The van der Waals surface area contributed by atoms with Crippen molar-refractivity contribution in [3.05, 3.63) is 24.3 Å². The molecule has 0 bridgehead atoms. The van der Waals surface area contributed by atoms with Crippen molar-refractivity contribution in [2.75, 3.05) is 19.6 Å². The van der Waals surface area contributed by atoms with E-state index in [1.165, 1.54) is 50.3 Å². The van der Waals surface area contributed by atoms with Crippen molar-refractivity contribution in [3.8, 4) is 0 Å². The van der Waals surface area contributed by atoms with E-state index in [1.807, 2.05) is 6.08 Å². The molecule has 0 aromatic carbocycles. The van der Waals surface area contributed by atoms with Crippen molar-refractivity contribution >= 4 is 0 Å². The number of hydrogen-bond donors (Lipinski definition) is 0. The second-order valence-corrected chi connectivity index (χ2v) is 5.82. The summed E-state index contributed by atoms with van der Waals surface area (Å²) in [6, 6.07) is 0. The zero-order chi connectivity index (χ0) is 13.1. The van der Waals surface area contributed by atoms with Crippen LogP contribution in [0.25, 0.3) is 0 Å². The predicted molar refractivity (Wildman–Crippen MR) is 76.2 cm³/mol. The normalized spacial score (nSPS) is 24.7. The van der Waals surface area contributed by atoms with Gasteiger partial charge in [0.25, 0.3) is 0 Å². The van der Waals surface area contributed by atoms with Gasteiger partial charge in [-0.25, -0.2) is 0 Å². The van der Waals surface area contributed by atoms with Crippen molar-refractivity contribution in [1.29, 1.82) is 0 Å². The largest absolute Gasteiger partial charge is 0.315 e. The minimum atomic E-state index is 0.563. The Morgan fingerprint density at radius 1 is 1.16 bits per heavy atom. The van der Waals surface area contributed by atoms with Crippen LogP contribution < -0.4 is 0 Å². The van der Waals surface area contributed by atoms with Crippen LogP contribution in [0.3, 0.4) is 0 Å². The summed E-state index contributed by atoms with van der Waals surface area (Å²) < 4.78 is 2.41. The maximum absolute atomic E-state index is 4.52. The van der Waals surface area contributed by atoms with Crippen LogP contribution in [0.5, 0.6) is 0 Å².